The number of nitrogens with zero attached hydrogens (tertiary/aromatic N) is 2. The Kier molecular flexibility index (Phi) is 4.60. The molecule has 0 aliphatic heterocycles. The molecule has 0 aliphatic rings. The van der Waals surface area contributed by atoms with Crippen molar-refractivity contribution >= 4 is 39.0 Å². The zero-order chi connectivity index (χ0) is 18.8. The fourth-order valence-electron chi connectivity index (χ4n) is 2.89. The van der Waals surface area contributed by atoms with Gasteiger partial charge in [-0.05, 0) is 31.2 Å². The normalized spacial score (nSPS) is 11.3. The molecule has 27 heavy (non-hydrogen) atoms. The number of para-hydroxylation sites is 1. The van der Waals surface area contributed by atoms with E-state index in [1.165, 1.54) is 0 Å². The van der Waals surface area contributed by atoms with E-state index in [0.29, 0.717) is 11.4 Å². The van der Waals surface area contributed by atoms with Gasteiger partial charge in [0, 0.05) is 32.2 Å². The number of aromatic amines is 2. The van der Waals surface area contributed by atoms with Crippen molar-refractivity contribution in [3.8, 4) is 11.3 Å². The first kappa shape index (κ1) is 17.2. The molecule has 0 bridgehead atoms. The maximum absolute atomic E-state index is 12.3. The van der Waals surface area contributed by atoms with Crippen molar-refractivity contribution in [2.45, 2.75) is 6.92 Å². The molecule has 1 amide bonds. The lowest BCUT2D eigenvalue weighted by atomic mass is 10.1. The third-order valence-corrected chi connectivity index (χ3v) is 4.79. The van der Waals surface area contributed by atoms with Crippen LogP contribution in [-0.2, 0) is 0 Å². The Labute approximate surface area is 163 Å². The second-order valence-corrected chi connectivity index (χ2v) is 7.00. The van der Waals surface area contributed by atoms with Crippen molar-refractivity contribution in [2.24, 2.45) is 5.10 Å². The highest BCUT2D eigenvalue weighted by atomic mass is 79.9. The van der Waals surface area contributed by atoms with E-state index in [2.05, 4.69) is 41.6 Å². The Morgan fingerprint density at radius 2 is 1.96 bits per heavy atom. The fraction of sp³-hybridized carbons (Fsp3) is 0.0500. The molecule has 0 unspecified atom stereocenters. The number of rotatable bonds is 4. The predicted octanol–water partition coefficient (Wildman–Crippen LogP) is 4.39. The molecule has 0 saturated carbocycles. The highest BCUT2D eigenvalue weighted by molar-refractivity contribution is 9.10. The summed E-state index contributed by atoms with van der Waals surface area (Å²) < 4.78 is 0.988. The SMILES string of the molecule is Cc1[nH]c2ccccc2c1/C=N\NC(=O)c1cc(-c2ccc(Br)cc2)n[nH]1. The van der Waals surface area contributed by atoms with E-state index in [-0.39, 0.29) is 5.91 Å². The molecule has 0 atom stereocenters. The number of hydrogen-bond donors (Lipinski definition) is 3. The number of aromatic nitrogens is 3. The van der Waals surface area contributed by atoms with Gasteiger partial charge in [0.1, 0.15) is 5.69 Å². The van der Waals surface area contributed by atoms with E-state index in [1.54, 1.807) is 12.3 Å². The van der Waals surface area contributed by atoms with Crippen LogP contribution in [0.25, 0.3) is 22.2 Å². The molecule has 0 aliphatic carbocycles. The van der Waals surface area contributed by atoms with E-state index >= 15 is 0 Å². The van der Waals surface area contributed by atoms with Crippen molar-refractivity contribution in [1.82, 2.24) is 20.6 Å². The molecule has 0 radical (unpaired) electrons. The Bertz CT molecular complexity index is 1140. The lowest BCUT2D eigenvalue weighted by molar-refractivity contribution is 0.0950. The summed E-state index contributed by atoms with van der Waals surface area (Å²) >= 11 is 3.40. The third-order valence-electron chi connectivity index (χ3n) is 4.27. The van der Waals surface area contributed by atoms with Crippen LogP contribution in [0.15, 0.2) is 64.2 Å². The van der Waals surface area contributed by atoms with Crippen LogP contribution < -0.4 is 5.43 Å². The van der Waals surface area contributed by atoms with Crippen LogP contribution in [-0.4, -0.2) is 27.3 Å². The van der Waals surface area contributed by atoms with Gasteiger partial charge in [0.05, 0.1) is 11.9 Å². The average Bonchev–Trinajstić information content (AvgIpc) is 3.27. The monoisotopic (exact) mass is 421 g/mol. The number of aryl methyl sites for hydroxylation is 1. The smallest absolute Gasteiger partial charge is 0.289 e. The van der Waals surface area contributed by atoms with Crippen LogP contribution in [0.1, 0.15) is 21.7 Å². The quantitative estimate of drug-likeness (QED) is 0.337. The molecule has 3 N–H and O–H groups in total. The van der Waals surface area contributed by atoms with Crippen molar-refractivity contribution in [1.29, 1.82) is 0 Å². The van der Waals surface area contributed by atoms with Crippen molar-refractivity contribution in [3.05, 3.63) is 76.0 Å². The maximum atomic E-state index is 12.3. The Morgan fingerprint density at radius 3 is 2.78 bits per heavy atom. The number of nitrogens with one attached hydrogen (secondary N) is 3. The van der Waals surface area contributed by atoms with Gasteiger partial charge < -0.3 is 4.98 Å². The number of carbonyl (C=O) groups excluding carboxylic acids is 1. The van der Waals surface area contributed by atoms with Crippen LogP contribution in [0.5, 0.6) is 0 Å². The summed E-state index contributed by atoms with van der Waals surface area (Å²) in [6.07, 6.45) is 1.65. The molecule has 0 saturated heterocycles. The first-order chi connectivity index (χ1) is 13.1. The minimum absolute atomic E-state index is 0.348. The number of hydrogen-bond acceptors (Lipinski definition) is 3. The van der Waals surface area contributed by atoms with Crippen molar-refractivity contribution < 1.29 is 4.79 Å². The Hall–Kier alpha value is -3.19. The molecule has 2 aromatic heterocycles. The van der Waals surface area contributed by atoms with Crippen LogP contribution in [0.4, 0.5) is 0 Å². The Balaban J connectivity index is 1.49. The van der Waals surface area contributed by atoms with Gasteiger partial charge in [-0.15, -0.1) is 0 Å². The zero-order valence-electron chi connectivity index (χ0n) is 14.5. The van der Waals surface area contributed by atoms with Gasteiger partial charge in [-0.3, -0.25) is 9.89 Å². The van der Waals surface area contributed by atoms with E-state index in [0.717, 1.165) is 32.2 Å². The number of carbonyl (C=O) groups is 1. The third kappa shape index (κ3) is 3.54. The van der Waals surface area contributed by atoms with Gasteiger partial charge in [0.25, 0.3) is 5.91 Å². The summed E-state index contributed by atoms with van der Waals surface area (Å²) in [5.41, 5.74) is 7.49. The summed E-state index contributed by atoms with van der Waals surface area (Å²) in [6, 6.07) is 17.4. The summed E-state index contributed by atoms with van der Waals surface area (Å²) in [7, 11) is 0. The summed E-state index contributed by atoms with van der Waals surface area (Å²) in [5.74, 6) is -0.348. The van der Waals surface area contributed by atoms with Crippen LogP contribution in [0.3, 0.4) is 0 Å². The summed E-state index contributed by atoms with van der Waals surface area (Å²) in [6.45, 7) is 1.97. The van der Waals surface area contributed by atoms with Crippen LogP contribution >= 0.6 is 15.9 Å². The standard InChI is InChI=1S/C20H16BrN5O/c1-12-16(15-4-2-3-5-17(15)23-12)11-22-26-20(27)19-10-18(24-25-19)13-6-8-14(21)9-7-13/h2-11,23H,1H3,(H,24,25)(H,26,27)/b22-11-. The average molecular weight is 422 g/mol. The molecule has 4 aromatic rings. The maximum Gasteiger partial charge on any atom is 0.289 e. The zero-order valence-corrected chi connectivity index (χ0v) is 16.0. The second-order valence-electron chi connectivity index (χ2n) is 6.08. The molecule has 6 nitrogen and oxygen atoms in total. The predicted molar refractivity (Wildman–Crippen MR) is 110 cm³/mol. The van der Waals surface area contributed by atoms with Crippen molar-refractivity contribution in [2.75, 3.05) is 0 Å². The molecule has 4 rings (SSSR count). The summed E-state index contributed by atoms with van der Waals surface area (Å²) in [5, 5.41) is 12.1. The van der Waals surface area contributed by atoms with Gasteiger partial charge in [0.2, 0.25) is 0 Å². The second kappa shape index (κ2) is 7.20. The first-order valence-electron chi connectivity index (χ1n) is 8.34. The van der Waals surface area contributed by atoms with Crippen LogP contribution in [0.2, 0.25) is 0 Å². The molecular formula is C20H16BrN5O. The molecule has 7 heteroatoms. The fourth-order valence-corrected chi connectivity index (χ4v) is 3.15. The first-order valence-corrected chi connectivity index (χ1v) is 9.13. The number of benzene rings is 2. The van der Waals surface area contributed by atoms with E-state index in [9.17, 15) is 4.79 Å². The number of hydrazone groups is 1. The molecule has 134 valence electrons. The van der Waals surface area contributed by atoms with Crippen molar-refractivity contribution in [3.63, 3.8) is 0 Å². The van der Waals surface area contributed by atoms with Gasteiger partial charge in [-0.2, -0.15) is 10.2 Å². The highest BCUT2D eigenvalue weighted by Gasteiger charge is 2.11. The van der Waals surface area contributed by atoms with E-state index < -0.39 is 0 Å². The Morgan fingerprint density at radius 1 is 1.19 bits per heavy atom. The number of halogens is 1. The molecule has 0 fully saturated rings. The van der Waals surface area contributed by atoms with Gasteiger partial charge in [-0.1, -0.05) is 46.3 Å². The van der Waals surface area contributed by atoms with Gasteiger partial charge in [0.15, 0.2) is 0 Å². The minimum Gasteiger partial charge on any atom is -0.358 e. The topological polar surface area (TPSA) is 85.9 Å². The van der Waals surface area contributed by atoms with E-state index in [4.69, 9.17) is 0 Å². The molecule has 2 heterocycles. The highest BCUT2D eigenvalue weighted by Crippen LogP contribution is 2.21. The van der Waals surface area contributed by atoms with Gasteiger partial charge >= 0.3 is 0 Å². The van der Waals surface area contributed by atoms with E-state index in [1.807, 2.05) is 55.5 Å². The largest absolute Gasteiger partial charge is 0.358 e. The number of fused-ring (bicyclic) bond motifs is 1. The lowest BCUT2D eigenvalue weighted by Gasteiger charge is -1.97. The summed E-state index contributed by atoms with van der Waals surface area (Å²) in [4.78, 5) is 15.6. The van der Waals surface area contributed by atoms with Crippen LogP contribution in [0, 0.1) is 6.92 Å². The number of H-pyrrole nitrogens is 2. The minimum atomic E-state index is -0.348. The molecule has 2 aromatic carbocycles. The molecular weight excluding hydrogens is 406 g/mol. The molecule has 0 spiro atoms. The number of amides is 1. The van der Waals surface area contributed by atoms with Gasteiger partial charge in [-0.25, -0.2) is 5.43 Å². The lowest BCUT2D eigenvalue weighted by Crippen LogP contribution is -2.18.